The van der Waals surface area contributed by atoms with Gasteiger partial charge < -0.3 is 4.98 Å². The smallest absolute Gasteiger partial charge is 0.260 e. The molecule has 2 aromatic heterocycles. The topological polar surface area (TPSA) is 45.8 Å². The van der Waals surface area contributed by atoms with Crippen LogP contribution in [0.5, 0.6) is 0 Å². The van der Waals surface area contributed by atoms with Crippen molar-refractivity contribution in [1.29, 1.82) is 0 Å². The number of hydrogen-bond donors (Lipinski definition) is 1. The van der Waals surface area contributed by atoms with Crippen LogP contribution in [0.4, 0.5) is 0 Å². The third kappa shape index (κ3) is 2.57. The lowest BCUT2D eigenvalue weighted by Crippen LogP contribution is -2.07. The van der Waals surface area contributed by atoms with Crippen molar-refractivity contribution in [3.63, 3.8) is 0 Å². The van der Waals surface area contributed by atoms with E-state index in [1.54, 1.807) is 11.8 Å². The third-order valence-electron chi connectivity index (χ3n) is 2.94. The number of thiophene rings is 1. The first-order valence-corrected chi connectivity index (χ1v) is 7.75. The van der Waals surface area contributed by atoms with Crippen molar-refractivity contribution in [3.8, 4) is 0 Å². The van der Waals surface area contributed by atoms with Gasteiger partial charge in [-0.05, 0) is 29.5 Å². The van der Waals surface area contributed by atoms with Gasteiger partial charge in [0.2, 0.25) is 0 Å². The molecule has 0 atom stereocenters. The van der Waals surface area contributed by atoms with Crippen LogP contribution < -0.4 is 5.56 Å². The molecule has 0 amide bonds. The summed E-state index contributed by atoms with van der Waals surface area (Å²) in [7, 11) is 0. The molecule has 96 valence electrons. The summed E-state index contributed by atoms with van der Waals surface area (Å²) in [5, 5.41) is 3.25. The predicted octanol–water partition coefficient (Wildman–Crippen LogP) is 3.59. The quantitative estimate of drug-likeness (QED) is 0.592. The minimum atomic E-state index is -0.0569. The van der Waals surface area contributed by atoms with E-state index in [9.17, 15) is 4.79 Å². The molecule has 0 unspecified atom stereocenters. The fraction of sp³-hybridized carbons (Fsp3) is 0.143. The molecule has 3 aromatic rings. The van der Waals surface area contributed by atoms with Crippen molar-refractivity contribution < 1.29 is 0 Å². The van der Waals surface area contributed by atoms with Crippen LogP contribution in [0, 0.1) is 6.92 Å². The molecule has 0 aliphatic rings. The highest BCUT2D eigenvalue weighted by molar-refractivity contribution is 7.98. The number of nitrogens with zero attached hydrogens (tertiary/aromatic N) is 1. The number of hydrogen-bond acceptors (Lipinski definition) is 4. The molecule has 2 heterocycles. The van der Waals surface area contributed by atoms with Crippen molar-refractivity contribution in [2.45, 2.75) is 17.8 Å². The number of aromatic nitrogens is 2. The molecule has 5 heteroatoms. The molecule has 1 aromatic carbocycles. The van der Waals surface area contributed by atoms with E-state index in [-0.39, 0.29) is 5.56 Å². The molecule has 0 saturated carbocycles. The van der Waals surface area contributed by atoms with Crippen LogP contribution >= 0.6 is 23.1 Å². The summed E-state index contributed by atoms with van der Waals surface area (Å²) < 4.78 is 0. The summed E-state index contributed by atoms with van der Waals surface area (Å²) >= 11 is 3.06. The van der Waals surface area contributed by atoms with E-state index in [0.29, 0.717) is 10.5 Å². The summed E-state index contributed by atoms with van der Waals surface area (Å²) in [5.41, 5.74) is 2.47. The highest BCUT2D eigenvalue weighted by Crippen LogP contribution is 2.23. The van der Waals surface area contributed by atoms with Crippen LogP contribution in [0.3, 0.4) is 0 Å². The molecular formula is C14H12N2OS2. The molecule has 0 aliphatic heterocycles. The molecule has 3 rings (SSSR count). The zero-order valence-corrected chi connectivity index (χ0v) is 12.0. The third-order valence-corrected chi connectivity index (χ3v) is 4.67. The Morgan fingerprint density at radius 2 is 2.16 bits per heavy atom. The molecule has 0 bridgehead atoms. The van der Waals surface area contributed by atoms with Crippen molar-refractivity contribution in [3.05, 3.63) is 57.2 Å². The van der Waals surface area contributed by atoms with Gasteiger partial charge in [0.15, 0.2) is 5.16 Å². The lowest BCUT2D eigenvalue weighted by Gasteiger charge is -2.04. The lowest BCUT2D eigenvalue weighted by molar-refractivity contribution is 0.979. The maximum atomic E-state index is 11.8. The molecule has 0 saturated heterocycles. The molecule has 19 heavy (non-hydrogen) atoms. The van der Waals surface area contributed by atoms with Crippen molar-refractivity contribution in [2.75, 3.05) is 0 Å². The number of aromatic amines is 1. The van der Waals surface area contributed by atoms with E-state index < -0.39 is 0 Å². The molecule has 0 spiro atoms. The Bertz CT molecular complexity index is 776. The van der Waals surface area contributed by atoms with Crippen molar-refractivity contribution in [1.82, 2.24) is 9.97 Å². The van der Waals surface area contributed by atoms with Crippen LogP contribution in [0.25, 0.3) is 10.2 Å². The molecule has 0 radical (unpaired) electrons. The average Bonchev–Trinajstić information content (AvgIpc) is 2.87. The Kier molecular flexibility index (Phi) is 3.40. The van der Waals surface area contributed by atoms with Gasteiger partial charge in [-0.25, -0.2) is 4.98 Å². The number of thioether (sulfide) groups is 1. The highest BCUT2D eigenvalue weighted by atomic mass is 32.2. The monoisotopic (exact) mass is 288 g/mol. The lowest BCUT2D eigenvalue weighted by atomic mass is 10.1. The SMILES string of the molecule is Cc1ccccc1CSc1nc2sccc2c(=O)[nH]1. The zero-order valence-electron chi connectivity index (χ0n) is 10.3. The number of rotatable bonds is 3. The van der Waals surface area contributed by atoms with E-state index >= 15 is 0 Å². The number of fused-ring (bicyclic) bond motifs is 1. The summed E-state index contributed by atoms with van der Waals surface area (Å²) in [6.45, 7) is 2.09. The van der Waals surface area contributed by atoms with Crippen LogP contribution in [-0.2, 0) is 5.75 Å². The van der Waals surface area contributed by atoms with E-state index in [1.165, 1.54) is 22.5 Å². The summed E-state index contributed by atoms with van der Waals surface area (Å²) in [6, 6.07) is 10.1. The van der Waals surface area contributed by atoms with E-state index in [1.807, 2.05) is 23.6 Å². The summed E-state index contributed by atoms with van der Waals surface area (Å²) in [6.07, 6.45) is 0. The standard InChI is InChI=1S/C14H12N2OS2/c1-9-4-2-3-5-10(9)8-19-14-15-12(17)11-6-7-18-13(11)16-14/h2-7H,8H2,1H3,(H,15,16,17). The minimum absolute atomic E-state index is 0.0569. The molecular weight excluding hydrogens is 276 g/mol. The molecule has 0 aliphatic carbocycles. The van der Waals surface area contributed by atoms with Crippen molar-refractivity contribution >= 4 is 33.3 Å². The van der Waals surface area contributed by atoms with E-state index in [2.05, 4.69) is 29.0 Å². The number of nitrogens with one attached hydrogen (secondary N) is 1. The van der Waals surface area contributed by atoms with Gasteiger partial charge in [0.1, 0.15) is 4.83 Å². The minimum Gasteiger partial charge on any atom is -0.301 e. The van der Waals surface area contributed by atoms with Gasteiger partial charge in [-0.2, -0.15) is 0 Å². The Morgan fingerprint density at radius 3 is 3.00 bits per heavy atom. The first kappa shape index (κ1) is 12.4. The maximum Gasteiger partial charge on any atom is 0.260 e. The first-order valence-electron chi connectivity index (χ1n) is 5.89. The average molecular weight is 288 g/mol. The number of benzene rings is 1. The second-order valence-electron chi connectivity index (χ2n) is 4.23. The summed E-state index contributed by atoms with van der Waals surface area (Å²) in [5.74, 6) is 0.812. The van der Waals surface area contributed by atoms with Gasteiger partial charge in [-0.15, -0.1) is 11.3 Å². The molecule has 3 nitrogen and oxygen atoms in total. The zero-order chi connectivity index (χ0) is 13.2. The van der Waals surface area contributed by atoms with Crippen LogP contribution in [0.15, 0.2) is 45.7 Å². The Hall–Kier alpha value is -1.59. The highest BCUT2D eigenvalue weighted by Gasteiger charge is 2.06. The van der Waals surface area contributed by atoms with E-state index in [4.69, 9.17) is 0 Å². The van der Waals surface area contributed by atoms with Crippen LogP contribution in [0.1, 0.15) is 11.1 Å². The normalized spacial score (nSPS) is 11.0. The van der Waals surface area contributed by atoms with Gasteiger partial charge in [0.05, 0.1) is 5.39 Å². The maximum absolute atomic E-state index is 11.8. The van der Waals surface area contributed by atoms with Crippen LogP contribution in [-0.4, -0.2) is 9.97 Å². The Balaban J connectivity index is 1.86. The number of aryl methyl sites for hydroxylation is 1. The fourth-order valence-electron chi connectivity index (χ4n) is 1.83. The van der Waals surface area contributed by atoms with E-state index in [0.717, 1.165) is 10.6 Å². The predicted molar refractivity (Wildman–Crippen MR) is 81.0 cm³/mol. The molecule has 0 fully saturated rings. The second kappa shape index (κ2) is 5.19. The first-order chi connectivity index (χ1) is 9.24. The van der Waals surface area contributed by atoms with Gasteiger partial charge >= 0.3 is 0 Å². The van der Waals surface area contributed by atoms with Crippen LogP contribution in [0.2, 0.25) is 0 Å². The second-order valence-corrected chi connectivity index (χ2v) is 6.08. The largest absolute Gasteiger partial charge is 0.301 e. The number of H-pyrrole nitrogens is 1. The Morgan fingerprint density at radius 1 is 1.32 bits per heavy atom. The molecule has 1 N–H and O–H groups in total. The van der Waals surface area contributed by atoms with Gasteiger partial charge in [0, 0.05) is 5.75 Å². The van der Waals surface area contributed by atoms with Gasteiger partial charge in [-0.1, -0.05) is 36.0 Å². The summed E-state index contributed by atoms with van der Waals surface area (Å²) in [4.78, 5) is 19.9. The fourth-order valence-corrected chi connectivity index (χ4v) is 3.59. The van der Waals surface area contributed by atoms with Gasteiger partial charge in [0.25, 0.3) is 5.56 Å². The van der Waals surface area contributed by atoms with Gasteiger partial charge in [-0.3, -0.25) is 4.79 Å². The Labute approximate surface area is 118 Å². The van der Waals surface area contributed by atoms with Crippen molar-refractivity contribution in [2.24, 2.45) is 0 Å².